The third-order valence-electron chi connectivity index (χ3n) is 7.43. The Labute approximate surface area is 172 Å². The summed E-state index contributed by atoms with van der Waals surface area (Å²) in [7, 11) is 0. The molecule has 0 aliphatic heterocycles. The van der Waals surface area contributed by atoms with Gasteiger partial charge < -0.3 is 5.11 Å². The molecule has 156 valence electrons. The van der Waals surface area contributed by atoms with Crippen molar-refractivity contribution < 1.29 is 9.90 Å². The van der Waals surface area contributed by atoms with Crippen molar-refractivity contribution in [1.29, 1.82) is 0 Å². The normalized spacial score (nSPS) is 18.8. The summed E-state index contributed by atoms with van der Waals surface area (Å²) in [5.74, 6) is -0.570. The van der Waals surface area contributed by atoms with E-state index in [1.807, 2.05) is 0 Å². The number of carboxylic acid groups (broad SMARTS) is 1. The van der Waals surface area contributed by atoms with E-state index < -0.39 is 5.97 Å². The summed E-state index contributed by atoms with van der Waals surface area (Å²) in [5.41, 5.74) is 6.33. The molecule has 0 radical (unpaired) electrons. The molecule has 2 fully saturated rings. The molecule has 0 bridgehead atoms. The zero-order valence-electron chi connectivity index (χ0n) is 18.4. The van der Waals surface area contributed by atoms with E-state index in [9.17, 15) is 9.90 Å². The van der Waals surface area contributed by atoms with Gasteiger partial charge in [0.2, 0.25) is 0 Å². The predicted molar refractivity (Wildman–Crippen MR) is 117 cm³/mol. The third kappa shape index (κ3) is 5.84. The van der Waals surface area contributed by atoms with E-state index in [2.05, 4.69) is 32.9 Å². The molecule has 2 saturated carbocycles. The van der Waals surface area contributed by atoms with Crippen molar-refractivity contribution in [2.24, 2.45) is 10.8 Å². The quantitative estimate of drug-likeness (QED) is 0.366. The summed E-state index contributed by atoms with van der Waals surface area (Å²) in [6, 6.07) is 4.74. The van der Waals surface area contributed by atoms with Gasteiger partial charge in [0.05, 0.1) is 5.41 Å². The van der Waals surface area contributed by atoms with Crippen LogP contribution in [0.15, 0.2) is 12.1 Å². The van der Waals surface area contributed by atoms with Crippen LogP contribution >= 0.6 is 0 Å². The lowest BCUT2D eigenvalue weighted by molar-refractivity contribution is -0.143. The Morgan fingerprint density at radius 2 is 1.54 bits per heavy atom. The number of hydrogen-bond acceptors (Lipinski definition) is 1. The number of aliphatic carboxylic acids is 1. The highest BCUT2D eigenvalue weighted by atomic mass is 16.4. The maximum Gasteiger partial charge on any atom is 0.309 e. The second-order valence-electron chi connectivity index (χ2n) is 10.2. The molecule has 1 aromatic carbocycles. The van der Waals surface area contributed by atoms with Gasteiger partial charge in [-0.3, -0.25) is 4.79 Å². The topological polar surface area (TPSA) is 37.3 Å². The van der Waals surface area contributed by atoms with Gasteiger partial charge in [0.1, 0.15) is 0 Å². The van der Waals surface area contributed by atoms with Crippen molar-refractivity contribution in [2.45, 2.75) is 111 Å². The van der Waals surface area contributed by atoms with Crippen LogP contribution in [0.1, 0.15) is 106 Å². The number of unbranched alkanes of at least 4 members (excludes halogenated alkanes) is 4. The molecule has 2 aliphatic carbocycles. The number of carbonyl (C=O) groups is 1. The Balaban J connectivity index is 1.42. The Morgan fingerprint density at radius 3 is 2.14 bits per heavy atom. The molecule has 2 nitrogen and oxygen atoms in total. The van der Waals surface area contributed by atoms with E-state index in [4.69, 9.17) is 0 Å². The van der Waals surface area contributed by atoms with Crippen molar-refractivity contribution in [3.05, 3.63) is 34.4 Å². The van der Waals surface area contributed by atoms with E-state index in [1.165, 1.54) is 62.5 Å². The smallest absolute Gasteiger partial charge is 0.309 e. The van der Waals surface area contributed by atoms with E-state index in [1.54, 1.807) is 11.1 Å². The van der Waals surface area contributed by atoms with E-state index >= 15 is 0 Å². The minimum absolute atomic E-state index is 0.345. The first-order valence-electron chi connectivity index (χ1n) is 11.7. The molecule has 0 aromatic heterocycles. The minimum atomic E-state index is -0.570. The molecule has 1 aromatic rings. The zero-order chi connectivity index (χ0) is 20.2. The van der Waals surface area contributed by atoms with Crippen LogP contribution in [-0.2, 0) is 17.6 Å². The molecule has 0 amide bonds. The van der Waals surface area contributed by atoms with Gasteiger partial charge in [-0.25, -0.2) is 0 Å². The minimum Gasteiger partial charge on any atom is -0.481 e. The molecule has 28 heavy (non-hydrogen) atoms. The van der Waals surface area contributed by atoms with Crippen LogP contribution in [0.2, 0.25) is 0 Å². The number of aryl methyl sites for hydroxylation is 3. The summed E-state index contributed by atoms with van der Waals surface area (Å²) in [4.78, 5) is 11.3. The SMILES string of the molecule is Cc1cc(C)c(CCCCCC2(C(=O)O)CC2)c(CCCCCC2(C)CC2)c1. The van der Waals surface area contributed by atoms with Gasteiger partial charge >= 0.3 is 5.97 Å². The molecule has 3 rings (SSSR count). The van der Waals surface area contributed by atoms with E-state index in [-0.39, 0.29) is 5.41 Å². The molecule has 0 atom stereocenters. The maximum atomic E-state index is 11.3. The van der Waals surface area contributed by atoms with Crippen molar-refractivity contribution in [1.82, 2.24) is 0 Å². The number of carboxylic acids is 1. The van der Waals surface area contributed by atoms with Gasteiger partial charge in [-0.05, 0) is 100 Å². The lowest BCUT2D eigenvalue weighted by Gasteiger charge is -2.15. The highest BCUT2D eigenvalue weighted by Gasteiger charge is 2.49. The maximum absolute atomic E-state index is 11.3. The first-order chi connectivity index (χ1) is 13.3. The van der Waals surface area contributed by atoms with Crippen LogP contribution < -0.4 is 0 Å². The molecule has 0 heterocycles. The van der Waals surface area contributed by atoms with Crippen molar-refractivity contribution in [2.75, 3.05) is 0 Å². The molecule has 0 spiro atoms. The fourth-order valence-corrected chi connectivity index (χ4v) is 4.84. The molecular formula is C26H40O2. The Morgan fingerprint density at radius 1 is 0.893 bits per heavy atom. The standard InChI is InChI=1S/C26H40O2/c1-20-18-21(2)23(11-7-5-9-13-26(16-17-26)24(27)28)22(19-20)10-6-4-8-12-25(3)14-15-25/h18-19H,4-17H2,1-3H3,(H,27,28). The molecule has 1 N–H and O–H groups in total. The van der Waals surface area contributed by atoms with Crippen LogP contribution in [0.3, 0.4) is 0 Å². The van der Waals surface area contributed by atoms with Crippen molar-refractivity contribution >= 4 is 5.97 Å². The molecule has 0 unspecified atom stereocenters. The monoisotopic (exact) mass is 384 g/mol. The summed E-state index contributed by atoms with van der Waals surface area (Å²) in [6.45, 7) is 6.93. The summed E-state index contributed by atoms with van der Waals surface area (Å²) in [6.07, 6.45) is 16.8. The highest BCUT2D eigenvalue weighted by Crippen LogP contribution is 2.50. The third-order valence-corrected chi connectivity index (χ3v) is 7.43. The fourth-order valence-electron chi connectivity index (χ4n) is 4.84. The lowest BCUT2D eigenvalue weighted by atomic mass is 9.90. The average molecular weight is 385 g/mol. The summed E-state index contributed by atoms with van der Waals surface area (Å²) < 4.78 is 0. The number of rotatable bonds is 13. The van der Waals surface area contributed by atoms with E-state index in [0.717, 1.165) is 38.5 Å². The Kier molecular flexibility index (Phi) is 6.89. The number of hydrogen-bond donors (Lipinski definition) is 1. The Bertz CT molecular complexity index is 680. The van der Waals surface area contributed by atoms with Crippen LogP contribution in [-0.4, -0.2) is 11.1 Å². The van der Waals surface area contributed by atoms with Gasteiger partial charge in [0.15, 0.2) is 0 Å². The average Bonchev–Trinajstić information content (AvgIpc) is 3.54. The van der Waals surface area contributed by atoms with Gasteiger partial charge in [-0.2, -0.15) is 0 Å². The highest BCUT2D eigenvalue weighted by molar-refractivity contribution is 5.77. The molecule has 2 aliphatic rings. The zero-order valence-corrected chi connectivity index (χ0v) is 18.4. The molecule has 0 saturated heterocycles. The van der Waals surface area contributed by atoms with Crippen LogP contribution in [0, 0.1) is 24.7 Å². The summed E-state index contributed by atoms with van der Waals surface area (Å²) >= 11 is 0. The van der Waals surface area contributed by atoms with E-state index in [0.29, 0.717) is 5.41 Å². The van der Waals surface area contributed by atoms with Crippen LogP contribution in [0.4, 0.5) is 0 Å². The lowest BCUT2D eigenvalue weighted by Crippen LogP contribution is -2.14. The number of benzene rings is 1. The largest absolute Gasteiger partial charge is 0.481 e. The van der Waals surface area contributed by atoms with Gasteiger partial charge in [-0.1, -0.05) is 50.3 Å². The molecular weight excluding hydrogens is 344 g/mol. The Hall–Kier alpha value is -1.31. The van der Waals surface area contributed by atoms with Crippen molar-refractivity contribution in [3.63, 3.8) is 0 Å². The van der Waals surface area contributed by atoms with Gasteiger partial charge in [0.25, 0.3) is 0 Å². The molecule has 2 heteroatoms. The second kappa shape index (κ2) is 9.01. The van der Waals surface area contributed by atoms with Crippen molar-refractivity contribution in [3.8, 4) is 0 Å². The first-order valence-corrected chi connectivity index (χ1v) is 11.7. The van der Waals surface area contributed by atoms with Crippen LogP contribution in [0.5, 0.6) is 0 Å². The van der Waals surface area contributed by atoms with Gasteiger partial charge in [-0.15, -0.1) is 0 Å². The van der Waals surface area contributed by atoms with Gasteiger partial charge in [0, 0.05) is 0 Å². The second-order valence-corrected chi connectivity index (χ2v) is 10.2. The first kappa shape index (κ1) is 21.4. The van der Waals surface area contributed by atoms with Crippen LogP contribution in [0.25, 0.3) is 0 Å². The fraction of sp³-hybridized carbons (Fsp3) is 0.731. The predicted octanol–water partition coefficient (Wildman–Crippen LogP) is 7.17. The summed E-state index contributed by atoms with van der Waals surface area (Å²) in [5, 5.41) is 9.31.